The van der Waals surface area contributed by atoms with Crippen LogP contribution in [0.3, 0.4) is 0 Å². The molecule has 0 amide bonds. The maximum Gasteiger partial charge on any atom is 0.336 e. The minimum Gasteiger partial charge on any atom is -0.478 e. The van der Waals surface area contributed by atoms with Crippen molar-refractivity contribution in [2.75, 3.05) is 6.26 Å². The zero-order valence-electron chi connectivity index (χ0n) is 6.37. The van der Waals surface area contributed by atoms with Crippen molar-refractivity contribution >= 4 is 29.3 Å². The number of hydrogen-bond donors (Lipinski definition) is 1. The van der Waals surface area contributed by atoms with E-state index in [2.05, 4.69) is 0 Å². The van der Waals surface area contributed by atoms with E-state index >= 15 is 0 Å². The maximum atomic E-state index is 10.6. The number of thioether (sulfide) groups is 1. The van der Waals surface area contributed by atoms with E-state index in [0.29, 0.717) is 15.5 Å². The van der Waals surface area contributed by atoms with Crippen LogP contribution in [0.15, 0.2) is 23.1 Å². The highest BCUT2D eigenvalue weighted by Gasteiger charge is 2.08. The molecule has 0 fully saturated rings. The van der Waals surface area contributed by atoms with Crippen molar-refractivity contribution in [3.05, 3.63) is 28.8 Å². The minimum atomic E-state index is -0.920. The summed E-state index contributed by atoms with van der Waals surface area (Å²) in [5.41, 5.74) is 0.298. The van der Waals surface area contributed by atoms with Gasteiger partial charge in [-0.05, 0) is 24.5 Å². The smallest absolute Gasteiger partial charge is 0.336 e. The fraction of sp³-hybridized carbons (Fsp3) is 0.125. The van der Waals surface area contributed by atoms with Crippen molar-refractivity contribution in [1.29, 1.82) is 0 Å². The average Bonchev–Trinajstić information content (AvgIpc) is 2.03. The summed E-state index contributed by atoms with van der Waals surface area (Å²) >= 11 is 7.07. The fourth-order valence-corrected chi connectivity index (χ4v) is 1.70. The van der Waals surface area contributed by atoms with E-state index in [4.69, 9.17) is 16.7 Å². The Labute approximate surface area is 79.5 Å². The van der Waals surface area contributed by atoms with Crippen LogP contribution in [-0.2, 0) is 0 Å². The van der Waals surface area contributed by atoms with Crippen LogP contribution in [0, 0.1) is 0 Å². The molecule has 0 aliphatic heterocycles. The molecule has 12 heavy (non-hydrogen) atoms. The molecule has 0 spiro atoms. The molecule has 0 radical (unpaired) electrons. The third-order valence-corrected chi connectivity index (χ3v) is 2.41. The summed E-state index contributed by atoms with van der Waals surface area (Å²) in [4.78, 5) is 11.3. The molecule has 4 heteroatoms. The zero-order valence-corrected chi connectivity index (χ0v) is 7.95. The molecular formula is C8H7ClO2S. The Balaban J connectivity index is 3.20. The van der Waals surface area contributed by atoms with Crippen LogP contribution >= 0.6 is 23.4 Å². The number of benzene rings is 1. The van der Waals surface area contributed by atoms with Crippen molar-refractivity contribution in [2.24, 2.45) is 0 Å². The van der Waals surface area contributed by atoms with Crippen LogP contribution in [-0.4, -0.2) is 17.3 Å². The number of rotatable bonds is 2. The van der Waals surface area contributed by atoms with Crippen molar-refractivity contribution in [2.45, 2.75) is 4.90 Å². The lowest BCUT2D eigenvalue weighted by atomic mass is 10.2. The molecule has 0 bridgehead atoms. The van der Waals surface area contributed by atoms with Gasteiger partial charge in [-0.25, -0.2) is 4.79 Å². The number of carboxylic acid groups (broad SMARTS) is 1. The molecule has 0 atom stereocenters. The summed E-state index contributed by atoms with van der Waals surface area (Å²) < 4.78 is 0. The van der Waals surface area contributed by atoms with E-state index in [0.717, 1.165) is 0 Å². The third kappa shape index (κ3) is 1.93. The Morgan fingerprint density at radius 3 is 2.75 bits per heavy atom. The summed E-state index contributed by atoms with van der Waals surface area (Å²) in [5.74, 6) is -0.920. The monoisotopic (exact) mass is 202 g/mol. The van der Waals surface area contributed by atoms with Gasteiger partial charge in [0.15, 0.2) is 0 Å². The predicted molar refractivity (Wildman–Crippen MR) is 50.2 cm³/mol. The number of carbonyl (C=O) groups is 1. The zero-order chi connectivity index (χ0) is 9.14. The molecule has 0 unspecified atom stereocenters. The second kappa shape index (κ2) is 3.83. The standard InChI is InChI=1S/C8H7ClO2S/c1-12-7-4-5(9)2-3-6(7)8(10)11/h2-4H,1H3,(H,10,11). The molecule has 0 saturated heterocycles. The Hall–Kier alpha value is -0.670. The van der Waals surface area contributed by atoms with Crippen molar-refractivity contribution in [3.8, 4) is 0 Å². The summed E-state index contributed by atoms with van der Waals surface area (Å²) in [5, 5.41) is 9.29. The largest absolute Gasteiger partial charge is 0.478 e. The summed E-state index contributed by atoms with van der Waals surface area (Å²) in [6.07, 6.45) is 1.82. The second-order valence-electron chi connectivity index (χ2n) is 2.15. The lowest BCUT2D eigenvalue weighted by Crippen LogP contribution is -1.97. The lowest BCUT2D eigenvalue weighted by molar-refractivity contribution is 0.0693. The predicted octanol–water partition coefficient (Wildman–Crippen LogP) is 2.76. The van der Waals surface area contributed by atoms with Crippen LogP contribution in [0.1, 0.15) is 10.4 Å². The number of hydrogen-bond acceptors (Lipinski definition) is 2. The summed E-state index contributed by atoms with van der Waals surface area (Å²) in [6, 6.07) is 4.73. The molecule has 1 rings (SSSR count). The van der Waals surface area contributed by atoms with Gasteiger partial charge < -0.3 is 5.11 Å². The van der Waals surface area contributed by atoms with Gasteiger partial charge in [-0.15, -0.1) is 11.8 Å². The highest BCUT2D eigenvalue weighted by molar-refractivity contribution is 7.98. The average molecular weight is 203 g/mol. The van der Waals surface area contributed by atoms with Gasteiger partial charge in [-0.3, -0.25) is 0 Å². The highest BCUT2D eigenvalue weighted by atomic mass is 35.5. The van der Waals surface area contributed by atoms with Gasteiger partial charge in [0.1, 0.15) is 0 Å². The maximum absolute atomic E-state index is 10.6. The van der Waals surface area contributed by atoms with Gasteiger partial charge in [0.25, 0.3) is 0 Å². The number of halogens is 1. The first-order valence-electron chi connectivity index (χ1n) is 3.22. The van der Waals surface area contributed by atoms with E-state index in [1.54, 1.807) is 12.1 Å². The van der Waals surface area contributed by atoms with Gasteiger partial charge in [-0.2, -0.15) is 0 Å². The quantitative estimate of drug-likeness (QED) is 0.750. The van der Waals surface area contributed by atoms with Gasteiger partial charge in [0.05, 0.1) is 5.56 Å². The van der Waals surface area contributed by atoms with E-state index in [-0.39, 0.29) is 0 Å². The summed E-state index contributed by atoms with van der Waals surface area (Å²) in [6.45, 7) is 0. The normalized spacial score (nSPS) is 9.83. The van der Waals surface area contributed by atoms with Crippen LogP contribution in [0.5, 0.6) is 0 Å². The molecule has 1 aromatic rings. The molecule has 1 aromatic carbocycles. The Bertz CT molecular complexity index is 312. The molecular weight excluding hydrogens is 196 g/mol. The number of carboxylic acids is 1. The van der Waals surface area contributed by atoms with Crippen molar-refractivity contribution in [3.63, 3.8) is 0 Å². The van der Waals surface area contributed by atoms with Crippen LogP contribution < -0.4 is 0 Å². The van der Waals surface area contributed by atoms with Crippen molar-refractivity contribution < 1.29 is 9.90 Å². The molecule has 0 aliphatic rings. The molecule has 0 heterocycles. The first-order chi connectivity index (χ1) is 5.65. The van der Waals surface area contributed by atoms with Gasteiger partial charge in [0.2, 0.25) is 0 Å². The first kappa shape index (κ1) is 9.42. The second-order valence-corrected chi connectivity index (χ2v) is 3.43. The molecule has 64 valence electrons. The molecule has 2 nitrogen and oxygen atoms in total. The molecule has 0 aromatic heterocycles. The fourth-order valence-electron chi connectivity index (χ4n) is 0.842. The topological polar surface area (TPSA) is 37.3 Å². The van der Waals surface area contributed by atoms with E-state index in [9.17, 15) is 4.79 Å². The molecule has 0 aliphatic carbocycles. The summed E-state index contributed by atoms with van der Waals surface area (Å²) in [7, 11) is 0. The third-order valence-electron chi connectivity index (χ3n) is 1.39. The van der Waals surface area contributed by atoms with Crippen LogP contribution in [0.4, 0.5) is 0 Å². The highest BCUT2D eigenvalue weighted by Crippen LogP contribution is 2.24. The van der Waals surface area contributed by atoms with E-state index in [1.165, 1.54) is 17.8 Å². The van der Waals surface area contributed by atoms with Crippen LogP contribution in [0.2, 0.25) is 5.02 Å². The lowest BCUT2D eigenvalue weighted by Gasteiger charge is -2.01. The molecule has 1 N–H and O–H groups in total. The Kier molecular flexibility index (Phi) is 3.00. The van der Waals surface area contributed by atoms with Crippen molar-refractivity contribution in [1.82, 2.24) is 0 Å². The van der Waals surface area contributed by atoms with Crippen LogP contribution in [0.25, 0.3) is 0 Å². The minimum absolute atomic E-state index is 0.298. The Morgan fingerprint density at radius 1 is 1.58 bits per heavy atom. The van der Waals surface area contributed by atoms with E-state index < -0.39 is 5.97 Å². The van der Waals surface area contributed by atoms with E-state index in [1.807, 2.05) is 6.26 Å². The van der Waals surface area contributed by atoms with Gasteiger partial charge in [0, 0.05) is 9.92 Å². The van der Waals surface area contributed by atoms with Gasteiger partial charge in [-0.1, -0.05) is 11.6 Å². The Morgan fingerprint density at radius 2 is 2.25 bits per heavy atom. The van der Waals surface area contributed by atoms with Gasteiger partial charge >= 0.3 is 5.97 Å². The number of aromatic carboxylic acids is 1. The SMILES string of the molecule is CSc1cc(Cl)ccc1C(=O)O. The molecule has 0 saturated carbocycles. The first-order valence-corrected chi connectivity index (χ1v) is 4.82.